The van der Waals surface area contributed by atoms with Gasteiger partial charge in [-0.3, -0.25) is 10.3 Å². The second kappa shape index (κ2) is 3.06. The number of nitrogens with zero attached hydrogens (tertiary/aromatic N) is 2. The molecule has 0 aromatic carbocycles. The number of aliphatic imine (C=N–C) groups is 1. The van der Waals surface area contributed by atoms with E-state index < -0.39 is 11.1 Å². The predicted molar refractivity (Wildman–Crippen MR) is 62.9 cm³/mol. The normalized spacial score (nSPS) is 37.5. The van der Waals surface area contributed by atoms with Gasteiger partial charge in [-0.05, 0) is 26.7 Å². The van der Waals surface area contributed by atoms with E-state index in [-0.39, 0.29) is 6.03 Å². The highest BCUT2D eigenvalue weighted by atomic mass is 16.2. The molecule has 0 bridgehead atoms. The van der Waals surface area contributed by atoms with Gasteiger partial charge in [0.2, 0.25) is 0 Å². The average molecular weight is 222 g/mol. The third-order valence-electron chi connectivity index (χ3n) is 3.91. The quantitative estimate of drug-likeness (QED) is 0.734. The number of hydrogen-bond acceptors (Lipinski definition) is 2. The summed E-state index contributed by atoms with van der Waals surface area (Å²) in [6, 6.07) is -0.130. The van der Waals surface area contributed by atoms with Gasteiger partial charge < -0.3 is 5.32 Å². The Bertz CT molecular complexity index is 403. The first kappa shape index (κ1) is 11.1. The number of fused-ring (bicyclic) bond motifs is 1. The number of hydrogen-bond donors (Lipinski definition) is 2. The van der Waals surface area contributed by atoms with Crippen molar-refractivity contribution in [1.82, 2.24) is 10.2 Å². The first-order valence-electron chi connectivity index (χ1n) is 5.69. The molecule has 2 aliphatic heterocycles. The minimum Gasteiger partial charge on any atom is -0.325 e. The average Bonchev–Trinajstić information content (AvgIpc) is 2.66. The molecule has 0 unspecified atom stereocenters. The molecule has 2 aliphatic rings. The minimum atomic E-state index is -0.577. The lowest BCUT2D eigenvalue weighted by Crippen LogP contribution is -2.49. The van der Waals surface area contributed by atoms with E-state index >= 15 is 0 Å². The molecule has 88 valence electrons. The molecule has 0 aromatic heterocycles. The van der Waals surface area contributed by atoms with Gasteiger partial charge in [0.1, 0.15) is 17.2 Å². The fraction of sp³-hybridized carbons (Fsp3) is 0.727. The van der Waals surface area contributed by atoms with Crippen LogP contribution < -0.4 is 5.32 Å². The van der Waals surface area contributed by atoms with E-state index in [9.17, 15) is 4.79 Å². The van der Waals surface area contributed by atoms with Gasteiger partial charge in [0, 0.05) is 0 Å². The number of carbonyl (C=O) groups is 1. The first-order chi connectivity index (χ1) is 7.39. The number of amides is 2. The lowest BCUT2D eigenvalue weighted by Gasteiger charge is -2.30. The minimum absolute atomic E-state index is 0.130. The number of rotatable bonds is 2. The van der Waals surface area contributed by atoms with Crippen LogP contribution in [0.25, 0.3) is 0 Å². The van der Waals surface area contributed by atoms with E-state index in [1.165, 1.54) is 0 Å². The number of urea groups is 1. The van der Waals surface area contributed by atoms with Crippen LogP contribution in [0.5, 0.6) is 0 Å². The molecule has 2 N–H and O–H groups in total. The van der Waals surface area contributed by atoms with Crippen molar-refractivity contribution in [2.45, 2.75) is 51.6 Å². The Kier molecular flexibility index (Phi) is 2.12. The molecule has 2 atom stereocenters. The van der Waals surface area contributed by atoms with Crippen molar-refractivity contribution in [1.29, 1.82) is 5.41 Å². The predicted octanol–water partition coefficient (Wildman–Crippen LogP) is 1.74. The third-order valence-corrected chi connectivity index (χ3v) is 3.91. The van der Waals surface area contributed by atoms with Crippen molar-refractivity contribution in [3.63, 3.8) is 0 Å². The van der Waals surface area contributed by atoms with Crippen molar-refractivity contribution >= 4 is 17.7 Å². The lowest BCUT2D eigenvalue weighted by atomic mass is 9.95. The van der Waals surface area contributed by atoms with E-state index in [1.54, 1.807) is 4.90 Å². The fourth-order valence-electron chi connectivity index (χ4n) is 2.23. The molecule has 1 saturated heterocycles. The van der Waals surface area contributed by atoms with Crippen LogP contribution >= 0.6 is 0 Å². The summed E-state index contributed by atoms with van der Waals surface area (Å²) in [6.07, 6.45) is 1.48. The van der Waals surface area contributed by atoms with Crippen LogP contribution in [-0.4, -0.2) is 33.7 Å². The Morgan fingerprint density at radius 1 is 1.38 bits per heavy atom. The number of nitrogens with one attached hydrogen (secondary N) is 2. The summed E-state index contributed by atoms with van der Waals surface area (Å²) in [4.78, 5) is 17.9. The Hall–Kier alpha value is -1.39. The highest BCUT2D eigenvalue weighted by Gasteiger charge is 2.56. The maximum Gasteiger partial charge on any atom is 0.324 e. The lowest BCUT2D eigenvalue weighted by molar-refractivity contribution is 0.208. The molecular formula is C11H18N4O. The summed E-state index contributed by atoms with van der Waals surface area (Å²) in [5.74, 6) is 0.994. The van der Waals surface area contributed by atoms with Gasteiger partial charge >= 0.3 is 6.03 Å². The molecule has 1 fully saturated rings. The Labute approximate surface area is 95.4 Å². The summed E-state index contributed by atoms with van der Waals surface area (Å²) < 4.78 is 0. The number of carbonyl (C=O) groups excluding carboxylic acids is 1. The maximum atomic E-state index is 12.0. The highest BCUT2D eigenvalue weighted by Crippen LogP contribution is 2.36. The van der Waals surface area contributed by atoms with Crippen LogP contribution in [0.4, 0.5) is 4.79 Å². The maximum absolute atomic E-state index is 12.0. The molecule has 0 aliphatic carbocycles. The van der Waals surface area contributed by atoms with Crippen LogP contribution in [0.3, 0.4) is 0 Å². The molecule has 0 saturated carbocycles. The first-order valence-corrected chi connectivity index (χ1v) is 5.69. The summed E-state index contributed by atoms with van der Waals surface area (Å²) in [5.41, 5.74) is -0.997. The van der Waals surface area contributed by atoms with Gasteiger partial charge in [0.15, 0.2) is 0 Å². The van der Waals surface area contributed by atoms with Gasteiger partial charge in [0.05, 0.1) is 5.54 Å². The van der Waals surface area contributed by atoms with Crippen molar-refractivity contribution in [2.75, 3.05) is 0 Å². The van der Waals surface area contributed by atoms with Crippen molar-refractivity contribution in [2.24, 2.45) is 4.99 Å². The zero-order chi connectivity index (χ0) is 12.1. The molecule has 2 heterocycles. The largest absolute Gasteiger partial charge is 0.325 e. The second-order valence-electron chi connectivity index (χ2n) is 4.86. The SMILES string of the molecule is CC[C@@]1(C)C(=N)N=C2N1C(=O)N[C@@]2(C)CC. The van der Waals surface area contributed by atoms with Gasteiger partial charge in [-0.15, -0.1) is 0 Å². The van der Waals surface area contributed by atoms with E-state index in [2.05, 4.69) is 10.3 Å². The molecule has 0 radical (unpaired) electrons. The number of amidine groups is 2. The summed E-state index contributed by atoms with van der Waals surface area (Å²) in [6.45, 7) is 7.84. The van der Waals surface area contributed by atoms with Crippen LogP contribution in [0.2, 0.25) is 0 Å². The van der Waals surface area contributed by atoms with Crippen molar-refractivity contribution in [3.05, 3.63) is 0 Å². The second-order valence-corrected chi connectivity index (χ2v) is 4.86. The third kappa shape index (κ3) is 1.08. The Morgan fingerprint density at radius 3 is 2.50 bits per heavy atom. The monoisotopic (exact) mass is 222 g/mol. The van der Waals surface area contributed by atoms with E-state index in [1.807, 2.05) is 27.7 Å². The molecular weight excluding hydrogens is 204 g/mol. The summed E-state index contributed by atoms with van der Waals surface area (Å²) in [7, 11) is 0. The summed E-state index contributed by atoms with van der Waals surface area (Å²) in [5, 5.41) is 10.9. The molecule has 2 amide bonds. The molecule has 2 rings (SSSR count). The van der Waals surface area contributed by atoms with Gasteiger partial charge in [-0.25, -0.2) is 9.79 Å². The molecule has 0 aromatic rings. The van der Waals surface area contributed by atoms with Crippen LogP contribution in [-0.2, 0) is 0 Å². The smallest absolute Gasteiger partial charge is 0.324 e. The van der Waals surface area contributed by atoms with Gasteiger partial charge in [0.25, 0.3) is 0 Å². The fourth-order valence-corrected chi connectivity index (χ4v) is 2.23. The highest BCUT2D eigenvalue weighted by molar-refractivity contribution is 6.21. The zero-order valence-corrected chi connectivity index (χ0v) is 10.2. The van der Waals surface area contributed by atoms with E-state index in [4.69, 9.17) is 5.41 Å². The molecule has 5 heteroatoms. The Morgan fingerprint density at radius 2 is 2.00 bits per heavy atom. The van der Waals surface area contributed by atoms with E-state index in [0.29, 0.717) is 18.1 Å². The molecule has 16 heavy (non-hydrogen) atoms. The zero-order valence-electron chi connectivity index (χ0n) is 10.2. The van der Waals surface area contributed by atoms with Gasteiger partial charge in [-0.2, -0.15) is 0 Å². The Balaban J connectivity index is 2.51. The molecule has 5 nitrogen and oxygen atoms in total. The van der Waals surface area contributed by atoms with Crippen LogP contribution in [0.15, 0.2) is 4.99 Å². The van der Waals surface area contributed by atoms with Gasteiger partial charge in [-0.1, -0.05) is 13.8 Å². The van der Waals surface area contributed by atoms with Crippen molar-refractivity contribution in [3.8, 4) is 0 Å². The topological polar surface area (TPSA) is 68.5 Å². The standard InChI is InChI=1S/C11H18N4O/c1-5-10(3)8-13-7(12)11(4,6-2)15(8)9(16)14-10/h12H,5-6H2,1-4H3,(H,14,16)/t10-,11-/m0/s1. The van der Waals surface area contributed by atoms with E-state index in [0.717, 1.165) is 6.42 Å². The van der Waals surface area contributed by atoms with Crippen LogP contribution in [0.1, 0.15) is 40.5 Å². The van der Waals surface area contributed by atoms with Crippen molar-refractivity contribution < 1.29 is 4.79 Å². The molecule has 0 spiro atoms. The summed E-state index contributed by atoms with van der Waals surface area (Å²) >= 11 is 0. The van der Waals surface area contributed by atoms with Crippen LogP contribution in [0, 0.1) is 5.41 Å².